The minimum absolute atomic E-state index is 0.151. The highest BCUT2D eigenvalue weighted by molar-refractivity contribution is 5.80. The van der Waals surface area contributed by atoms with Gasteiger partial charge in [0.15, 0.2) is 5.96 Å². The summed E-state index contributed by atoms with van der Waals surface area (Å²) in [6, 6.07) is 8.69. The Bertz CT molecular complexity index is 620. The monoisotopic (exact) mass is 360 g/mol. The molecule has 0 amide bonds. The van der Waals surface area contributed by atoms with Gasteiger partial charge in [-0.05, 0) is 46.3 Å². The van der Waals surface area contributed by atoms with Crippen LogP contribution in [-0.4, -0.2) is 63.4 Å². The average molecular weight is 361 g/mol. The van der Waals surface area contributed by atoms with Gasteiger partial charge in [-0.1, -0.05) is 18.2 Å². The van der Waals surface area contributed by atoms with E-state index in [1.54, 1.807) is 7.11 Å². The number of methoxy groups -OCH3 is 1. The normalized spacial score (nSPS) is 26.2. The molecule has 0 aromatic heterocycles. The third-order valence-corrected chi connectivity index (χ3v) is 5.32. The summed E-state index contributed by atoms with van der Waals surface area (Å²) in [6.45, 7) is 3.59. The summed E-state index contributed by atoms with van der Waals surface area (Å²) in [7, 11) is 5.88. The number of likely N-dealkylation sites (N-methyl/N-ethyl adjacent to an activating group) is 1. The Hall–Kier alpha value is -1.79. The molecule has 0 spiro atoms. The maximum atomic E-state index is 5.96. The molecule has 3 rings (SSSR count). The molecule has 26 heavy (non-hydrogen) atoms. The lowest BCUT2D eigenvalue weighted by Gasteiger charge is -2.26. The number of fused-ring (bicyclic) bond motifs is 2. The highest BCUT2D eigenvalue weighted by Gasteiger charge is 2.41. The fourth-order valence-electron chi connectivity index (χ4n) is 3.94. The summed E-state index contributed by atoms with van der Waals surface area (Å²) in [4.78, 5) is 7.06. The zero-order valence-electron chi connectivity index (χ0n) is 16.4. The van der Waals surface area contributed by atoms with E-state index in [-0.39, 0.29) is 6.04 Å². The number of aliphatic imine (C=N–C) groups is 1. The van der Waals surface area contributed by atoms with Crippen LogP contribution in [0.3, 0.4) is 0 Å². The Morgan fingerprint density at radius 1 is 1.35 bits per heavy atom. The number of nitrogens with one attached hydrogen (secondary N) is 2. The second-order valence-corrected chi connectivity index (χ2v) is 7.30. The van der Waals surface area contributed by atoms with Crippen LogP contribution in [0.5, 0.6) is 5.75 Å². The van der Waals surface area contributed by atoms with E-state index in [0.29, 0.717) is 24.8 Å². The first-order valence-electron chi connectivity index (χ1n) is 9.62. The van der Waals surface area contributed by atoms with E-state index in [1.807, 2.05) is 18.2 Å². The summed E-state index contributed by atoms with van der Waals surface area (Å²) >= 11 is 0. The first-order chi connectivity index (χ1) is 12.6. The smallest absolute Gasteiger partial charge is 0.191 e. The third-order valence-electron chi connectivity index (χ3n) is 5.32. The molecular weight excluding hydrogens is 328 g/mol. The van der Waals surface area contributed by atoms with Crippen LogP contribution < -0.4 is 15.4 Å². The molecular formula is C20H32N4O2. The summed E-state index contributed by atoms with van der Waals surface area (Å²) < 4.78 is 11.5. The Morgan fingerprint density at radius 2 is 2.15 bits per heavy atom. The van der Waals surface area contributed by atoms with E-state index >= 15 is 0 Å². The molecule has 2 aliphatic heterocycles. The van der Waals surface area contributed by atoms with E-state index in [1.165, 1.54) is 6.42 Å². The van der Waals surface area contributed by atoms with Crippen LogP contribution >= 0.6 is 0 Å². The number of hydrogen-bond donors (Lipinski definition) is 2. The predicted octanol–water partition coefficient (Wildman–Crippen LogP) is 2.17. The zero-order chi connectivity index (χ0) is 18.5. The van der Waals surface area contributed by atoms with Gasteiger partial charge in [0.05, 0.1) is 37.9 Å². The van der Waals surface area contributed by atoms with Crippen LogP contribution in [0.4, 0.5) is 0 Å². The molecule has 2 N–H and O–H groups in total. The van der Waals surface area contributed by atoms with Gasteiger partial charge in [-0.3, -0.25) is 4.99 Å². The van der Waals surface area contributed by atoms with Crippen molar-refractivity contribution in [3.8, 4) is 5.75 Å². The summed E-state index contributed by atoms with van der Waals surface area (Å²) in [5.74, 6) is 1.77. The summed E-state index contributed by atoms with van der Waals surface area (Å²) in [6.07, 6.45) is 4.21. The van der Waals surface area contributed by atoms with Crippen molar-refractivity contribution in [3.63, 3.8) is 0 Å². The van der Waals surface area contributed by atoms with Crippen molar-refractivity contribution in [1.82, 2.24) is 15.5 Å². The van der Waals surface area contributed by atoms with Crippen LogP contribution in [0.1, 0.15) is 37.8 Å². The molecule has 4 unspecified atom stereocenters. The number of rotatable bonds is 7. The second kappa shape index (κ2) is 8.73. The van der Waals surface area contributed by atoms with Gasteiger partial charge in [0.2, 0.25) is 0 Å². The number of hydrogen-bond acceptors (Lipinski definition) is 4. The second-order valence-electron chi connectivity index (χ2n) is 7.30. The van der Waals surface area contributed by atoms with E-state index < -0.39 is 0 Å². The minimum Gasteiger partial charge on any atom is -0.496 e. The Kier molecular flexibility index (Phi) is 6.38. The van der Waals surface area contributed by atoms with Crippen molar-refractivity contribution in [1.29, 1.82) is 0 Å². The molecule has 2 heterocycles. The molecule has 0 aliphatic carbocycles. The molecule has 2 aliphatic rings. The summed E-state index contributed by atoms with van der Waals surface area (Å²) in [5, 5.41) is 6.96. The Balaban J connectivity index is 1.71. The van der Waals surface area contributed by atoms with Crippen molar-refractivity contribution in [2.45, 2.75) is 50.5 Å². The van der Waals surface area contributed by atoms with Crippen LogP contribution in [0.25, 0.3) is 0 Å². The minimum atomic E-state index is 0.151. The average Bonchev–Trinajstić information content (AvgIpc) is 3.25. The Morgan fingerprint density at radius 3 is 2.77 bits per heavy atom. The van der Waals surface area contributed by atoms with E-state index in [4.69, 9.17) is 14.5 Å². The molecule has 2 saturated heterocycles. The van der Waals surface area contributed by atoms with E-state index in [2.05, 4.69) is 42.6 Å². The van der Waals surface area contributed by atoms with Gasteiger partial charge in [0, 0.05) is 12.1 Å². The molecule has 1 aromatic carbocycles. The largest absolute Gasteiger partial charge is 0.496 e. The van der Waals surface area contributed by atoms with Crippen molar-refractivity contribution in [2.75, 3.05) is 34.3 Å². The SMILES string of the molecule is CCNC(=NCC(c1ccccc1OC)N(C)C)NC1CC2CCC1O2. The molecule has 0 saturated carbocycles. The van der Waals surface area contributed by atoms with Crippen molar-refractivity contribution in [2.24, 2.45) is 4.99 Å². The molecule has 4 atom stereocenters. The van der Waals surface area contributed by atoms with Crippen LogP contribution in [0.15, 0.2) is 29.3 Å². The van der Waals surface area contributed by atoms with Gasteiger partial charge in [0.25, 0.3) is 0 Å². The fraction of sp³-hybridized carbons (Fsp3) is 0.650. The van der Waals surface area contributed by atoms with Crippen LogP contribution in [0, 0.1) is 0 Å². The number of guanidine groups is 1. The lowest BCUT2D eigenvalue weighted by molar-refractivity contribution is 0.0992. The lowest BCUT2D eigenvalue weighted by Crippen LogP contribution is -2.47. The van der Waals surface area contributed by atoms with Gasteiger partial charge in [-0.15, -0.1) is 0 Å². The lowest BCUT2D eigenvalue weighted by atomic mass is 9.96. The fourth-order valence-corrected chi connectivity index (χ4v) is 3.94. The van der Waals surface area contributed by atoms with Crippen molar-refractivity contribution >= 4 is 5.96 Å². The maximum Gasteiger partial charge on any atom is 0.191 e. The Labute approximate surface area is 157 Å². The molecule has 6 nitrogen and oxygen atoms in total. The molecule has 2 bridgehead atoms. The molecule has 1 aromatic rings. The standard InChI is InChI=1S/C20H32N4O2/c1-5-21-20(23-16-12-14-10-11-19(16)26-14)22-13-17(24(2)3)15-8-6-7-9-18(15)25-4/h6-9,14,16-17,19H,5,10-13H2,1-4H3,(H2,21,22,23). The third kappa shape index (κ3) is 4.30. The summed E-state index contributed by atoms with van der Waals surface area (Å²) in [5.41, 5.74) is 1.16. The molecule has 0 radical (unpaired) electrons. The first-order valence-corrected chi connectivity index (χ1v) is 9.62. The van der Waals surface area contributed by atoms with Gasteiger partial charge in [-0.2, -0.15) is 0 Å². The van der Waals surface area contributed by atoms with Crippen LogP contribution in [-0.2, 0) is 4.74 Å². The highest BCUT2D eigenvalue weighted by Crippen LogP contribution is 2.34. The van der Waals surface area contributed by atoms with Gasteiger partial charge in [0.1, 0.15) is 5.75 Å². The highest BCUT2D eigenvalue weighted by atomic mass is 16.5. The van der Waals surface area contributed by atoms with Crippen molar-refractivity contribution in [3.05, 3.63) is 29.8 Å². The van der Waals surface area contributed by atoms with E-state index in [0.717, 1.165) is 36.7 Å². The number of benzene rings is 1. The zero-order valence-corrected chi connectivity index (χ0v) is 16.4. The predicted molar refractivity (Wildman–Crippen MR) is 105 cm³/mol. The molecule has 6 heteroatoms. The van der Waals surface area contributed by atoms with E-state index in [9.17, 15) is 0 Å². The van der Waals surface area contributed by atoms with Crippen LogP contribution in [0.2, 0.25) is 0 Å². The number of para-hydroxylation sites is 1. The van der Waals surface area contributed by atoms with Gasteiger partial charge >= 0.3 is 0 Å². The quantitative estimate of drug-likeness (QED) is 0.577. The number of nitrogens with zero attached hydrogens (tertiary/aromatic N) is 2. The van der Waals surface area contributed by atoms with Crippen molar-refractivity contribution < 1.29 is 9.47 Å². The molecule has 144 valence electrons. The molecule has 2 fully saturated rings. The number of ether oxygens (including phenoxy) is 2. The first kappa shape index (κ1) is 19.0. The van der Waals surface area contributed by atoms with Gasteiger partial charge < -0.3 is 25.0 Å². The topological polar surface area (TPSA) is 58.1 Å². The maximum absolute atomic E-state index is 5.96. The van der Waals surface area contributed by atoms with Gasteiger partial charge in [-0.25, -0.2) is 0 Å².